The summed E-state index contributed by atoms with van der Waals surface area (Å²) in [6.07, 6.45) is 3.84. The van der Waals surface area contributed by atoms with Crippen molar-refractivity contribution in [2.75, 3.05) is 0 Å². The van der Waals surface area contributed by atoms with Crippen LogP contribution in [0.25, 0.3) is 66.6 Å². The third kappa shape index (κ3) is 6.51. The predicted molar refractivity (Wildman–Crippen MR) is 219 cm³/mol. The lowest BCUT2D eigenvalue weighted by Gasteiger charge is -2.23. The maximum absolute atomic E-state index is 5.05. The number of fused-ring (bicyclic) bond motifs is 3. The van der Waals surface area contributed by atoms with Crippen molar-refractivity contribution in [3.8, 4) is 44.8 Å². The first-order chi connectivity index (χ1) is 24.0. The zero-order valence-corrected chi connectivity index (χ0v) is 32.2. The third-order valence-electron chi connectivity index (χ3n) is 10.4. The monoisotopic (exact) mass is 669 g/mol. The fourth-order valence-corrected chi connectivity index (χ4v) is 7.36. The molecule has 3 aromatic heterocycles. The zero-order chi connectivity index (χ0) is 36.5. The number of nitrogens with zero attached hydrogens (tertiary/aromatic N) is 2. The predicted octanol–water partition coefficient (Wildman–Crippen LogP) is 13.3. The van der Waals surface area contributed by atoms with Gasteiger partial charge in [0.15, 0.2) is 0 Å². The Labute approximate surface area is 304 Å². The van der Waals surface area contributed by atoms with E-state index >= 15 is 0 Å². The van der Waals surface area contributed by atoms with Crippen LogP contribution in [0.3, 0.4) is 0 Å². The number of benzene rings is 4. The molecule has 0 aliphatic carbocycles. The highest BCUT2D eigenvalue weighted by Gasteiger charge is 2.24. The van der Waals surface area contributed by atoms with Gasteiger partial charge in [-0.05, 0) is 129 Å². The summed E-state index contributed by atoms with van der Waals surface area (Å²) in [5.74, 6) is 0. The summed E-state index contributed by atoms with van der Waals surface area (Å²) in [5, 5.41) is 2.47. The summed E-state index contributed by atoms with van der Waals surface area (Å²) in [5.41, 5.74) is 17.9. The van der Waals surface area contributed by atoms with E-state index in [2.05, 4.69) is 165 Å². The molecule has 0 amide bonds. The molecule has 3 heterocycles. The standard InChI is InChI=1S/C48H51N3/c1-29-21-34(46(3,4)5)22-30(2)43(29)33-18-20-50-42(24-33)40-28-36(48(9,10)11)27-39-38-26-35(47(6,7)8)25-37(44(38)51-45(39)40)31-15-14-16-32(23-31)41-17-12-13-19-49-41/h12-28,51H,1-11H3. The second-order valence-corrected chi connectivity index (χ2v) is 17.5. The number of hydrogen-bond donors (Lipinski definition) is 1. The zero-order valence-electron chi connectivity index (χ0n) is 32.2. The van der Waals surface area contributed by atoms with Gasteiger partial charge in [-0.2, -0.15) is 0 Å². The van der Waals surface area contributed by atoms with Gasteiger partial charge >= 0.3 is 0 Å². The third-order valence-corrected chi connectivity index (χ3v) is 10.4. The van der Waals surface area contributed by atoms with E-state index in [1.165, 1.54) is 60.8 Å². The smallest absolute Gasteiger partial charge is 0.0729 e. The Morgan fingerprint density at radius 2 is 1.00 bits per heavy atom. The Morgan fingerprint density at radius 3 is 1.59 bits per heavy atom. The maximum Gasteiger partial charge on any atom is 0.0729 e. The van der Waals surface area contributed by atoms with Gasteiger partial charge in [-0.25, -0.2) is 0 Å². The van der Waals surface area contributed by atoms with Crippen LogP contribution in [0.1, 0.15) is 90.1 Å². The highest BCUT2D eigenvalue weighted by molar-refractivity contribution is 6.16. The molecule has 258 valence electrons. The minimum atomic E-state index is -0.0540. The van der Waals surface area contributed by atoms with E-state index in [1.807, 2.05) is 24.5 Å². The number of pyridine rings is 2. The first-order valence-electron chi connectivity index (χ1n) is 18.2. The minimum Gasteiger partial charge on any atom is -0.353 e. The fraction of sp³-hybridized carbons (Fsp3) is 0.292. The molecule has 0 radical (unpaired) electrons. The van der Waals surface area contributed by atoms with Crippen LogP contribution in [0.2, 0.25) is 0 Å². The number of aromatic amines is 1. The number of aryl methyl sites for hydroxylation is 2. The largest absolute Gasteiger partial charge is 0.353 e. The second-order valence-electron chi connectivity index (χ2n) is 17.5. The van der Waals surface area contributed by atoms with Crippen molar-refractivity contribution in [3.05, 3.63) is 131 Å². The average molecular weight is 670 g/mol. The molecule has 3 heteroatoms. The number of nitrogens with one attached hydrogen (secondary N) is 1. The molecule has 0 atom stereocenters. The van der Waals surface area contributed by atoms with Crippen LogP contribution in [0, 0.1) is 13.8 Å². The number of rotatable bonds is 4. The quantitative estimate of drug-likeness (QED) is 0.203. The molecule has 7 rings (SSSR count). The first-order valence-corrected chi connectivity index (χ1v) is 18.2. The lowest BCUT2D eigenvalue weighted by molar-refractivity contribution is 0.589. The molecule has 51 heavy (non-hydrogen) atoms. The summed E-state index contributed by atoms with van der Waals surface area (Å²) >= 11 is 0. The van der Waals surface area contributed by atoms with Gasteiger partial charge in [-0.15, -0.1) is 0 Å². The van der Waals surface area contributed by atoms with Gasteiger partial charge in [0.2, 0.25) is 0 Å². The molecule has 0 fully saturated rings. The van der Waals surface area contributed by atoms with Gasteiger partial charge in [0.25, 0.3) is 0 Å². The maximum atomic E-state index is 5.05. The molecule has 0 spiro atoms. The molecule has 0 aliphatic rings. The van der Waals surface area contributed by atoms with Crippen LogP contribution in [-0.2, 0) is 16.2 Å². The van der Waals surface area contributed by atoms with Crippen molar-refractivity contribution in [3.63, 3.8) is 0 Å². The first kappa shape index (κ1) is 34.4. The molecule has 1 N–H and O–H groups in total. The van der Waals surface area contributed by atoms with Gasteiger partial charge in [-0.1, -0.05) is 98.7 Å². The molecule has 0 aliphatic heterocycles. The Bertz CT molecular complexity index is 2400. The van der Waals surface area contributed by atoms with Crippen molar-refractivity contribution in [2.24, 2.45) is 0 Å². The highest BCUT2D eigenvalue weighted by atomic mass is 14.7. The highest BCUT2D eigenvalue weighted by Crippen LogP contribution is 2.43. The van der Waals surface area contributed by atoms with E-state index in [0.29, 0.717) is 0 Å². The lowest BCUT2D eigenvalue weighted by Crippen LogP contribution is -2.12. The topological polar surface area (TPSA) is 41.6 Å². The molecular formula is C48H51N3. The van der Waals surface area contributed by atoms with Crippen LogP contribution < -0.4 is 0 Å². The van der Waals surface area contributed by atoms with E-state index in [-0.39, 0.29) is 16.2 Å². The van der Waals surface area contributed by atoms with Crippen LogP contribution in [0.5, 0.6) is 0 Å². The summed E-state index contributed by atoms with van der Waals surface area (Å²) in [4.78, 5) is 13.7. The van der Waals surface area contributed by atoms with E-state index in [4.69, 9.17) is 4.98 Å². The average Bonchev–Trinajstić information content (AvgIpc) is 3.45. The lowest BCUT2D eigenvalue weighted by atomic mass is 9.82. The van der Waals surface area contributed by atoms with Gasteiger partial charge in [-0.3, -0.25) is 9.97 Å². The normalized spacial score (nSPS) is 12.6. The van der Waals surface area contributed by atoms with Crippen molar-refractivity contribution < 1.29 is 0 Å². The minimum absolute atomic E-state index is 0.0380. The molecule has 0 saturated carbocycles. The van der Waals surface area contributed by atoms with Crippen molar-refractivity contribution in [2.45, 2.75) is 92.4 Å². The van der Waals surface area contributed by atoms with Crippen LogP contribution in [0.4, 0.5) is 0 Å². The Balaban J connectivity index is 1.50. The molecular weight excluding hydrogens is 619 g/mol. The SMILES string of the molecule is Cc1cc(C(C)(C)C)cc(C)c1-c1ccnc(-c2cc(C(C)(C)C)cc3c2[nH]c2c(-c4cccc(-c5ccccn5)c4)cc(C(C)(C)C)cc23)c1. The van der Waals surface area contributed by atoms with E-state index in [0.717, 1.165) is 33.5 Å². The number of hydrogen-bond acceptors (Lipinski definition) is 2. The molecule has 0 unspecified atom stereocenters. The molecule has 3 nitrogen and oxygen atoms in total. The Morgan fingerprint density at radius 1 is 0.451 bits per heavy atom. The van der Waals surface area contributed by atoms with Gasteiger partial charge < -0.3 is 4.98 Å². The number of H-pyrrole nitrogens is 1. The van der Waals surface area contributed by atoms with Crippen LogP contribution in [-0.4, -0.2) is 15.0 Å². The fourth-order valence-electron chi connectivity index (χ4n) is 7.36. The van der Waals surface area contributed by atoms with Crippen LogP contribution >= 0.6 is 0 Å². The van der Waals surface area contributed by atoms with Crippen molar-refractivity contribution >= 4 is 21.8 Å². The number of aromatic nitrogens is 3. The van der Waals surface area contributed by atoms with Gasteiger partial charge in [0.05, 0.1) is 22.4 Å². The molecule has 4 aromatic carbocycles. The summed E-state index contributed by atoms with van der Waals surface area (Å²) in [7, 11) is 0. The van der Waals surface area contributed by atoms with E-state index in [1.54, 1.807) is 0 Å². The van der Waals surface area contributed by atoms with E-state index < -0.39 is 0 Å². The Kier molecular flexibility index (Phi) is 8.33. The van der Waals surface area contributed by atoms with Gasteiger partial charge in [0.1, 0.15) is 0 Å². The van der Waals surface area contributed by atoms with Crippen molar-refractivity contribution in [1.29, 1.82) is 0 Å². The summed E-state index contributed by atoms with van der Waals surface area (Å²) in [6, 6.07) is 33.6. The van der Waals surface area contributed by atoms with E-state index in [9.17, 15) is 0 Å². The molecule has 0 bridgehead atoms. The second kappa shape index (κ2) is 12.3. The summed E-state index contributed by atoms with van der Waals surface area (Å²) < 4.78 is 0. The van der Waals surface area contributed by atoms with Gasteiger partial charge in [0, 0.05) is 39.9 Å². The molecule has 0 saturated heterocycles. The summed E-state index contributed by atoms with van der Waals surface area (Å²) in [6.45, 7) is 25.1. The van der Waals surface area contributed by atoms with Crippen molar-refractivity contribution in [1.82, 2.24) is 15.0 Å². The van der Waals surface area contributed by atoms with Crippen LogP contribution in [0.15, 0.2) is 103 Å². The Hall–Kier alpha value is -5.02. The molecule has 7 aromatic rings.